The van der Waals surface area contributed by atoms with Crippen molar-refractivity contribution in [2.24, 2.45) is 0 Å². The van der Waals surface area contributed by atoms with E-state index in [1.165, 1.54) is 31.4 Å². The first-order valence-corrected chi connectivity index (χ1v) is 7.75. The van der Waals surface area contributed by atoms with Gasteiger partial charge in [-0.1, -0.05) is 62.9 Å². The zero-order valence-electron chi connectivity index (χ0n) is 12.5. The van der Waals surface area contributed by atoms with Gasteiger partial charge in [0.15, 0.2) is 0 Å². The summed E-state index contributed by atoms with van der Waals surface area (Å²) in [5, 5.41) is 0. The summed E-state index contributed by atoms with van der Waals surface area (Å²) in [6.07, 6.45) is 6.49. The molecule has 0 aliphatic carbocycles. The van der Waals surface area contributed by atoms with Crippen LogP contribution in [0.25, 0.3) is 11.1 Å². The Morgan fingerprint density at radius 3 is 2.05 bits per heavy atom. The van der Waals surface area contributed by atoms with Crippen molar-refractivity contribution in [3.63, 3.8) is 0 Å². The Morgan fingerprint density at radius 1 is 0.810 bits per heavy atom. The maximum absolute atomic E-state index is 14.2. The summed E-state index contributed by atoms with van der Waals surface area (Å²) < 4.78 is 28.4. The van der Waals surface area contributed by atoms with Crippen LogP contribution in [0.1, 0.15) is 44.6 Å². The van der Waals surface area contributed by atoms with E-state index in [0.717, 1.165) is 24.8 Å². The second kappa shape index (κ2) is 7.92. The highest BCUT2D eigenvalue weighted by atomic mass is 19.1. The number of hydrogen-bond acceptors (Lipinski definition) is 0. The van der Waals surface area contributed by atoms with Crippen molar-refractivity contribution in [3.05, 3.63) is 59.7 Å². The van der Waals surface area contributed by atoms with E-state index in [9.17, 15) is 8.78 Å². The maximum Gasteiger partial charge on any atom is 0.134 e. The smallest absolute Gasteiger partial charge is 0.134 e. The van der Waals surface area contributed by atoms with Crippen molar-refractivity contribution in [2.45, 2.75) is 45.4 Å². The fourth-order valence-corrected chi connectivity index (χ4v) is 2.58. The molecule has 2 heteroatoms. The molecule has 112 valence electrons. The molecule has 0 bridgehead atoms. The van der Waals surface area contributed by atoms with E-state index in [1.54, 1.807) is 24.3 Å². The molecule has 0 fully saturated rings. The molecule has 0 aliphatic rings. The fraction of sp³-hybridized carbons (Fsp3) is 0.368. The molecule has 2 rings (SSSR count). The standard InChI is InChI=1S/C19H22F2/c1-2-3-4-5-7-10-15-13-17(20)19(18(21)14-15)16-11-8-6-9-12-16/h6,8-9,11-14H,2-5,7,10H2,1H3. The van der Waals surface area contributed by atoms with E-state index < -0.39 is 11.6 Å². The molecule has 0 aliphatic heterocycles. The predicted octanol–water partition coefficient (Wildman–Crippen LogP) is 6.14. The van der Waals surface area contributed by atoms with Crippen molar-refractivity contribution in [1.82, 2.24) is 0 Å². The molecule has 0 nitrogen and oxygen atoms in total. The van der Waals surface area contributed by atoms with Gasteiger partial charge in [-0.25, -0.2) is 8.78 Å². The molecule has 0 spiro atoms. The van der Waals surface area contributed by atoms with Gasteiger partial charge < -0.3 is 0 Å². The van der Waals surface area contributed by atoms with Crippen LogP contribution >= 0.6 is 0 Å². The van der Waals surface area contributed by atoms with Gasteiger partial charge in [0.05, 0.1) is 5.56 Å². The Hall–Kier alpha value is -1.70. The number of halogens is 2. The zero-order chi connectivity index (χ0) is 15.1. The molecule has 0 aromatic heterocycles. The molecule has 0 heterocycles. The Balaban J connectivity index is 2.07. The Bertz CT molecular complexity index is 538. The first kappa shape index (κ1) is 15.7. The molecule has 0 radical (unpaired) electrons. The molecule has 0 saturated carbocycles. The molecule has 0 saturated heterocycles. The molecule has 21 heavy (non-hydrogen) atoms. The first-order valence-electron chi connectivity index (χ1n) is 7.75. The van der Waals surface area contributed by atoms with E-state index in [4.69, 9.17) is 0 Å². The van der Waals surface area contributed by atoms with Crippen molar-refractivity contribution in [3.8, 4) is 11.1 Å². The average Bonchev–Trinajstić information content (AvgIpc) is 2.47. The summed E-state index contributed by atoms with van der Waals surface area (Å²) in [7, 11) is 0. The Kier molecular flexibility index (Phi) is 5.91. The second-order valence-corrected chi connectivity index (χ2v) is 5.46. The van der Waals surface area contributed by atoms with E-state index >= 15 is 0 Å². The van der Waals surface area contributed by atoms with E-state index in [0.29, 0.717) is 5.56 Å². The van der Waals surface area contributed by atoms with Crippen molar-refractivity contribution in [2.75, 3.05) is 0 Å². The van der Waals surface area contributed by atoms with Crippen LogP contribution in [-0.2, 0) is 6.42 Å². The summed E-state index contributed by atoms with van der Waals surface area (Å²) in [5.41, 5.74) is 1.41. The number of benzene rings is 2. The number of rotatable bonds is 7. The lowest BCUT2D eigenvalue weighted by Gasteiger charge is -2.08. The first-order chi connectivity index (χ1) is 10.2. The lowest BCUT2D eigenvalue weighted by molar-refractivity contribution is 0.581. The normalized spacial score (nSPS) is 10.8. The van der Waals surface area contributed by atoms with Crippen LogP contribution in [-0.4, -0.2) is 0 Å². The van der Waals surface area contributed by atoms with Gasteiger partial charge in [0.2, 0.25) is 0 Å². The van der Waals surface area contributed by atoms with Crippen LogP contribution in [0.2, 0.25) is 0 Å². The minimum Gasteiger partial charge on any atom is -0.206 e. The summed E-state index contributed by atoms with van der Waals surface area (Å²) in [6.45, 7) is 2.17. The average molecular weight is 288 g/mol. The summed E-state index contributed by atoms with van der Waals surface area (Å²) in [4.78, 5) is 0. The predicted molar refractivity (Wildman–Crippen MR) is 84.3 cm³/mol. The SMILES string of the molecule is CCCCCCCc1cc(F)c(-c2ccccc2)c(F)c1. The highest BCUT2D eigenvalue weighted by Gasteiger charge is 2.12. The van der Waals surface area contributed by atoms with Gasteiger partial charge >= 0.3 is 0 Å². The quantitative estimate of drug-likeness (QED) is 0.536. The van der Waals surface area contributed by atoms with Crippen molar-refractivity contribution >= 4 is 0 Å². The van der Waals surface area contributed by atoms with Gasteiger partial charge in [0.1, 0.15) is 11.6 Å². The number of hydrogen-bond donors (Lipinski definition) is 0. The van der Waals surface area contributed by atoms with Gasteiger partial charge in [0.25, 0.3) is 0 Å². The third-order valence-electron chi connectivity index (χ3n) is 3.73. The molecule has 0 unspecified atom stereocenters. The van der Waals surface area contributed by atoms with Crippen LogP contribution in [0.4, 0.5) is 8.78 Å². The summed E-state index contributed by atoms with van der Waals surface area (Å²) in [5.74, 6) is -0.936. The minimum absolute atomic E-state index is 0.0744. The topological polar surface area (TPSA) is 0 Å². The second-order valence-electron chi connectivity index (χ2n) is 5.46. The molecule has 2 aromatic rings. The summed E-state index contributed by atoms with van der Waals surface area (Å²) >= 11 is 0. The van der Waals surface area contributed by atoms with Crippen molar-refractivity contribution < 1.29 is 8.78 Å². The Morgan fingerprint density at radius 2 is 1.43 bits per heavy atom. The number of aryl methyl sites for hydroxylation is 1. The fourth-order valence-electron chi connectivity index (χ4n) is 2.58. The third-order valence-corrected chi connectivity index (χ3v) is 3.73. The van der Waals surface area contributed by atoms with E-state index in [1.807, 2.05) is 6.07 Å². The highest BCUT2D eigenvalue weighted by Crippen LogP contribution is 2.27. The number of unbranched alkanes of at least 4 members (excludes halogenated alkanes) is 4. The van der Waals surface area contributed by atoms with Crippen LogP contribution < -0.4 is 0 Å². The molecular weight excluding hydrogens is 266 g/mol. The lowest BCUT2D eigenvalue weighted by atomic mass is 9.99. The highest BCUT2D eigenvalue weighted by molar-refractivity contribution is 5.65. The molecule has 0 amide bonds. The van der Waals surface area contributed by atoms with Gasteiger partial charge in [0, 0.05) is 0 Å². The van der Waals surface area contributed by atoms with E-state index in [2.05, 4.69) is 6.92 Å². The van der Waals surface area contributed by atoms with E-state index in [-0.39, 0.29) is 5.56 Å². The van der Waals surface area contributed by atoms with Gasteiger partial charge in [-0.3, -0.25) is 0 Å². The molecular formula is C19H22F2. The van der Waals surface area contributed by atoms with Crippen LogP contribution in [0.3, 0.4) is 0 Å². The van der Waals surface area contributed by atoms with Gasteiger partial charge in [-0.05, 0) is 36.1 Å². The van der Waals surface area contributed by atoms with Gasteiger partial charge in [-0.2, -0.15) is 0 Å². The zero-order valence-corrected chi connectivity index (χ0v) is 12.5. The van der Waals surface area contributed by atoms with Crippen LogP contribution in [0, 0.1) is 11.6 Å². The lowest BCUT2D eigenvalue weighted by Crippen LogP contribution is -1.95. The molecule has 0 N–H and O–H groups in total. The Labute approximate surface area is 125 Å². The maximum atomic E-state index is 14.2. The van der Waals surface area contributed by atoms with Gasteiger partial charge in [-0.15, -0.1) is 0 Å². The minimum atomic E-state index is -0.468. The molecule has 0 atom stereocenters. The monoisotopic (exact) mass is 288 g/mol. The van der Waals surface area contributed by atoms with Crippen LogP contribution in [0.15, 0.2) is 42.5 Å². The molecule has 2 aromatic carbocycles. The third kappa shape index (κ3) is 4.38. The van der Waals surface area contributed by atoms with Crippen molar-refractivity contribution in [1.29, 1.82) is 0 Å². The van der Waals surface area contributed by atoms with Crippen LogP contribution in [0.5, 0.6) is 0 Å². The summed E-state index contributed by atoms with van der Waals surface area (Å²) in [6, 6.07) is 11.8. The largest absolute Gasteiger partial charge is 0.206 e.